The van der Waals surface area contributed by atoms with Crippen molar-refractivity contribution in [2.75, 3.05) is 12.3 Å². The van der Waals surface area contributed by atoms with E-state index in [1.807, 2.05) is 0 Å². The van der Waals surface area contributed by atoms with Crippen LogP contribution in [0, 0.1) is 0 Å². The lowest BCUT2D eigenvalue weighted by atomic mass is 10.1. The second-order valence-corrected chi connectivity index (χ2v) is 6.77. The molecule has 1 fully saturated rings. The first-order valence-corrected chi connectivity index (χ1v) is 7.83. The van der Waals surface area contributed by atoms with Gasteiger partial charge in [0.2, 0.25) is 0 Å². The molecule has 0 aliphatic carbocycles. The molecule has 1 N–H and O–H groups in total. The number of hydrogen-bond acceptors (Lipinski definition) is 3. The summed E-state index contributed by atoms with van der Waals surface area (Å²) in [5, 5.41) is 3.55. The largest absolute Gasteiger partial charge is 0.313 e. The van der Waals surface area contributed by atoms with Gasteiger partial charge in [-0.2, -0.15) is 0 Å². The van der Waals surface area contributed by atoms with Gasteiger partial charge in [0.25, 0.3) is 0 Å². The molecule has 0 aromatic heterocycles. The quantitative estimate of drug-likeness (QED) is 0.919. The predicted molar refractivity (Wildman–Crippen MR) is 69.1 cm³/mol. The molecule has 0 saturated carbocycles. The van der Waals surface area contributed by atoms with Crippen LogP contribution in [0.25, 0.3) is 0 Å². The number of piperidine rings is 1. The zero-order valence-electron chi connectivity index (χ0n) is 9.52. The molecule has 1 aromatic carbocycles. The molecule has 1 aromatic rings. The number of benzene rings is 1. The molecule has 1 unspecified atom stereocenters. The van der Waals surface area contributed by atoms with Crippen LogP contribution < -0.4 is 5.32 Å². The summed E-state index contributed by atoms with van der Waals surface area (Å²) in [5.74, 6) is 0.136. The number of sulfone groups is 1. The minimum atomic E-state index is -3.29. The number of nitrogens with one attached hydrogen (secondary N) is 1. The normalized spacial score (nSPS) is 21.4. The van der Waals surface area contributed by atoms with E-state index in [-0.39, 0.29) is 16.7 Å². The van der Waals surface area contributed by atoms with E-state index < -0.39 is 9.84 Å². The highest BCUT2D eigenvalue weighted by Crippen LogP contribution is 2.23. The lowest BCUT2D eigenvalue weighted by Crippen LogP contribution is -2.39. The van der Waals surface area contributed by atoms with Crippen molar-refractivity contribution in [2.45, 2.75) is 30.2 Å². The van der Waals surface area contributed by atoms with E-state index >= 15 is 0 Å². The Bertz CT molecular complexity index is 481. The fraction of sp³-hybridized carbons (Fsp3) is 0.500. The summed E-state index contributed by atoms with van der Waals surface area (Å²) in [7, 11) is -3.29. The highest BCUT2D eigenvalue weighted by Gasteiger charge is 2.24. The van der Waals surface area contributed by atoms with Gasteiger partial charge in [0.05, 0.1) is 15.7 Å². The Morgan fingerprint density at radius 2 is 2.06 bits per heavy atom. The molecular formula is C12H16ClNO2S. The second-order valence-electron chi connectivity index (χ2n) is 4.36. The van der Waals surface area contributed by atoms with Crippen molar-refractivity contribution in [3.05, 3.63) is 29.3 Å². The van der Waals surface area contributed by atoms with Gasteiger partial charge in [0.1, 0.15) is 0 Å². The smallest absolute Gasteiger partial charge is 0.181 e. The van der Waals surface area contributed by atoms with Crippen LogP contribution in [-0.4, -0.2) is 26.8 Å². The van der Waals surface area contributed by atoms with Crippen LogP contribution in [0.4, 0.5) is 0 Å². The van der Waals surface area contributed by atoms with Crippen LogP contribution in [0.5, 0.6) is 0 Å². The van der Waals surface area contributed by atoms with Crippen LogP contribution in [-0.2, 0) is 9.84 Å². The number of rotatable bonds is 3. The third-order valence-electron chi connectivity index (χ3n) is 3.00. The maximum Gasteiger partial charge on any atom is 0.181 e. The summed E-state index contributed by atoms with van der Waals surface area (Å²) in [4.78, 5) is 0.244. The molecule has 17 heavy (non-hydrogen) atoms. The van der Waals surface area contributed by atoms with E-state index in [0.717, 1.165) is 25.8 Å². The first kappa shape index (κ1) is 12.9. The summed E-state index contributed by atoms with van der Waals surface area (Å²) >= 11 is 5.93. The molecule has 0 bridgehead atoms. The molecule has 5 heteroatoms. The lowest BCUT2D eigenvalue weighted by molar-refractivity contribution is 0.423. The Morgan fingerprint density at radius 1 is 1.29 bits per heavy atom. The molecule has 1 saturated heterocycles. The molecule has 1 aliphatic rings. The summed E-state index contributed by atoms with van der Waals surface area (Å²) < 4.78 is 24.4. The molecule has 0 radical (unpaired) electrons. The van der Waals surface area contributed by atoms with Crippen molar-refractivity contribution in [1.82, 2.24) is 5.32 Å². The number of hydrogen-bond donors (Lipinski definition) is 1. The molecule has 1 aliphatic heterocycles. The lowest BCUT2D eigenvalue weighted by Gasteiger charge is -2.23. The summed E-state index contributed by atoms with van der Waals surface area (Å²) in [6.07, 6.45) is 3.14. The van der Waals surface area contributed by atoms with Gasteiger partial charge in [0.15, 0.2) is 9.84 Å². The Balaban J connectivity index is 2.16. The van der Waals surface area contributed by atoms with Crippen molar-refractivity contribution in [1.29, 1.82) is 0 Å². The first-order chi connectivity index (χ1) is 8.09. The van der Waals surface area contributed by atoms with Gasteiger partial charge in [-0.3, -0.25) is 0 Å². The Labute approximate surface area is 107 Å². The van der Waals surface area contributed by atoms with Gasteiger partial charge in [-0.15, -0.1) is 0 Å². The average Bonchev–Trinajstić information content (AvgIpc) is 2.30. The molecule has 1 heterocycles. The van der Waals surface area contributed by atoms with Gasteiger partial charge in [-0.25, -0.2) is 8.42 Å². The first-order valence-electron chi connectivity index (χ1n) is 5.80. The maximum atomic E-state index is 12.2. The van der Waals surface area contributed by atoms with Crippen LogP contribution in [0.3, 0.4) is 0 Å². The summed E-state index contributed by atoms with van der Waals surface area (Å²) in [6.45, 7) is 0.905. The zero-order valence-corrected chi connectivity index (χ0v) is 11.1. The zero-order chi connectivity index (χ0) is 12.3. The topological polar surface area (TPSA) is 46.2 Å². The Hall–Kier alpha value is -0.580. The fourth-order valence-electron chi connectivity index (χ4n) is 2.12. The molecule has 3 nitrogen and oxygen atoms in total. The van der Waals surface area contributed by atoms with Crippen molar-refractivity contribution >= 4 is 21.4 Å². The predicted octanol–water partition coefficient (Wildman–Crippen LogP) is 2.26. The van der Waals surface area contributed by atoms with Crippen LogP contribution >= 0.6 is 11.6 Å². The van der Waals surface area contributed by atoms with Gasteiger partial charge < -0.3 is 5.32 Å². The molecule has 0 amide bonds. The van der Waals surface area contributed by atoms with Gasteiger partial charge in [-0.1, -0.05) is 30.2 Å². The minimum absolute atomic E-state index is 0.0602. The van der Waals surface area contributed by atoms with E-state index in [9.17, 15) is 8.42 Å². The molecule has 94 valence electrons. The minimum Gasteiger partial charge on any atom is -0.313 e. The van der Waals surface area contributed by atoms with Crippen molar-refractivity contribution < 1.29 is 8.42 Å². The maximum absolute atomic E-state index is 12.2. The van der Waals surface area contributed by atoms with E-state index in [2.05, 4.69) is 5.32 Å². The standard InChI is InChI=1S/C12H16ClNO2S/c13-11-6-1-2-7-12(11)17(15,16)9-10-5-3-4-8-14-10/h1-2,6-7,10,14H,3-5,8-9H2. The van der Waals surface area contributed by atoms with E-state index in [4.69, 9.17) is 11.6 Å². The fourth-order valence-corrected chi connectivity index (χ4v) is 4.25. The molecule has 1 atom stereocenters. The Kier molecular flexibility index (Phi) is 4.07. The molecule has 0 spiro atoms. The summed E-state index contributed by atoms with van der Waals surface area (Å²) in [5.41, 5.74) is 0. The SMILES string of the molecule is O=S(=O)(CC1CCCCN1)c1ccccc1Cl. The van der Waals surface area contributed by atoms with Crippen LogP contribution in [0.1, 0.15) is 19.3 Å². The van der Waals surface area contributed by atoms with Crippen molar-refractivity contribution in [3.8, 4) is 0 Å². The monoisotopic (exact) mass is 273 g/mol. The summed E-state index contributed by atoms with van der Waals surface area (Å²) in [6, 6.07) is 6.68. The Morgan fingerprint density at radius 3 is 2.71 bits per heavy atom. The highest BCUT2D eigenvalue weighted by atomic mass is 35.5. The van der Waals surface area contributed by atoms with E-state index in [1.165, 1.54) is 0 Å². The average molecular weight is 274 g/mol. The molecular weight excluding hydrogens is 258 g/mol. The highest BCUT2D eigenvalue weighted by molar-refractivity contribution is 7.91. The van der Waals surface area contributed by atoms with Crippen LogP contribution in [0.15, 0.2) is 29.2 Å². The second kappa shape index (κ2) is 5.38. The van der Waals surface area contributed by atoms with Crippen LogP contribution in [0.2, 0.25) is 5.02 Å². The number of halogens is 1. The third-order valence-corrected chi connectivity index (χ3v) is 5.31. The third kappa shape index (κ3) is 3.21. The van der Waals surface area contributed by atoms with E-state index in [0.29, 0.717) is 5.02 Å². The van der Waals surface area contributed by atoms with Crippen molar-refractivity contribution in [3.63, 3.8) is 0 Å². The van der Waals surface area contributed by atoms with Gasteiger partial charge in [-0.05, 0) is 31.5 Å². The van der Waals surface area contributed by atoms with Gasteiger partial charge in [0, 0.05) is 6.04 Å². The van der Waals surface area contributed by atoms with Crippen molar-refractivity contribution in [2.24, 2.45) is 0 Å². The van der Waals surface area contributed by atoms with E-state index in [1.54, 1.807) is 24.3 Å². The molecule has 2 rings (SSSR count). The van der Waals surface area contributed by atoms with Gasteiger partial charge >= 0.3 is 0 Å².